The number of carbonyl (C=O) groups excluding carboxylic acids is 1. The number of thiophene rings is 1. The highest BCUT2D eigenvalue weighted by atomic mass is 32.1. The third-order valence-corrected chi connectivity index (χ3v) is 4.19. The van der Waals surface area contributed by atoms with Crippen molar-refractivity contribution in [2.24, 2.45) is 5.92 Å². The van der Waals surface area contributed by atoms with Crippen molar-refractivity contribution < 1.29 is 4.79 Å². The van der Waals surface area contributed by atoms with Crippen molar-refractivity contribution in [2.75, 3.05) is 5.73 Å². The first kappa shape index (κ1) is 14.6. The van der Waals surface area contributed by atoms with Crippen LogP contribution in [-0.4, -0.2) is 5.91 Å². The molecule has 0 saturated heterocycles. The number of nitrogens with one attached hydrogen (secondary N) is 1. The molecule has 1 aromatic heterocycles. The Morgan fingerprint density at radius 2 is 2.00 bits per heavy atom. The van der Waals surface area contributed by atoms with Crippen LogP contribution in [-0.2, 0) is 11.2 Å². The van der Waals surface area contributed by atoms with Crippen LogP contribution in [0, 0.1) is 5.92 Å². The van der Waals surface area contributed by atoms with Crippen LogP contribution in [0.2, 0.25) is 0 Å². The lowest BCUT2D eigenvalue weighted by molar-refractivity contribution is -0.121. The van der Waals surface area contributed by atoms with E-state index in [1.165, 1.54) is 4.88 Å². The second kappa shape index (κ2) is 6.57. The first-order chi connectivity index (χ1) is 9.58. The van der Waals surface area contributed by atoms with E-state index in [-0.39, 0.29) is 11.9 Å². The number of nitrogen functional groups attached to an aromatic ring is 1. The zero-order valence-corrected chi connectivity index (χ0v) is 12.6. The van der Waals surface area contributed by atoms with Gasteiger partial charge in [0, 0.05) is 10.6 Å². The lowest BCUT2D eigenvalue weighted by Crippen LogP contribution is -2.32. The second-order valence-corrected chi connectivity index (χ2v) is 6.16. The van der Waals surface area contributed by atoms with Crippen LogP contribution < -0.4 is 11.1 Å². The van der Waals surface area contributed by atoms with Gasteiger partial charge < -0.3 is 11.1 Å². The molecular weight excluding hydrogens is 268 g/mol. The van der Waals surface area contributed by atoms with Crippen molar-refractivity contribution >= 4 is 22.9 Å². The molecule has 2 aromatic rings. The zero-order valence-electron chi connectivity index (χ0n) is 11.8. The van der Waals surface area contributed by atoms with Crippen molar-refractivity contribution in [3.8, 4) is 0 Å². The Kier molecular flexibility index (Phi) is 4.79. The molecule has 0 spiro atoms. The molecule has 0 saturated carbocycles. The molecule has 1 aromatic carbocycles. The van der Waals surface area contributed by atoms with E-state index in [9.17, 15) is 4.79 Å². The number of rotatable bonds is 5. The van der Waals surface area contributed by atoms with Gasteiger partial charge in [0.1, 0.15) is 0 Å². The number of hydrogen-bond donors (Lipinski definition) is 2. The SMILES string of the molecule is CC(C)C(NC(=O)Cc1ccccc1N)c1cccs1. The van der Waals surface area contributed by atoms with Crippen LogP contribution in [0.3, 0.4) is 0 Å². The van der Waals surface area contributed by atoms with Crippen molar-refractivity contribution in [2.45, 2.75) is 26.3 Å². The Morgan fingerprint density at radius 1 is 1.25 bits per heavy atom. The summed E-state index contributed by atoms with van der Waals surface area (Å²) in [4.78, 5) is 13.4. The molecule has 3 N–H and O–H groups in total. The van der Waals surface area contributed by atoms with Gasteiger partial charge in [0.2, 0.25) is 5.91 Å². The summed E-state index contributed by atoms with van der Waals surface area (Å²) in [6.07, 6.45) is 0.321. The van der Waals surface area contributed by atoms with Gasteiger partial charge in [-0.25, -0.2) is 0 Å². The summed E-state index contributed by atoms with van der Waals surface area (Å²) in [6, 6.07) is 11.6. The summed E-state index contributed by atoms with van der Waals surface area (Å²) in [5.41, 5.74) is 7.42. The van der Waals surface area contributed by atoms with E-state index in [1.807, 2.05) is 35.7 Å². The van der Waals surface area contributed by atoms with Gasteiger partial charge >= 0.3 is 0 Å². The Hall–Kier alpha value is -1.81. The minimum Gasteiger partial charge on any atom is -0.398 e. The highest BCUT2D eigenvalue weighted by molar-refractivity contribution is 7.10. The van der Waals surface area contributed by atoms with Crippen molar-refractivity contribution in [1.82, 2.24) is 5.32 Å². The van der Waals surface area contributed by atoms with Crippen molar-refractivity contribution in [1.29, 1.82) is 0 Å². The monoisotopic (exact) mass is 288 g/mol. The molecule has 4 heteroatoms. The van der Waals surface area contributed by atoms with E-state index in [2.05, 4.69) is 25.2 Å². The van der Waals surface area contributed by atoms with E-state index in [0.29, 0.717) is 18.0 Å². The van der Waals surface area contributed by atoms with Crippen molar-refractivity contribution in [3.05, 3.63) is 52.2 Å². The Labute approximate surface area is 123 Å². The molecule has 0 fully saturated rings. The number of amides is 1. The molecule has 1 unspecified atom stereocenters. The Bertz CT molecular complexity index is 564. The van der Waals surface area contributed by atoms with Gasteiger partial charge in [-0.2, -0.15) is 0 Å². The zero-order chi connectivity index (χ0) is 14.5. The molecule has 1 heterocycles. The Balaban J connectivity index is 2.05. The van der Waals surface area contributed by atoms with E-state index in [0.717, 1.165) is 5.56 Å². The van der Waals surface area contributed by atoms with E-state index >= 15 is 0 Å². The molecule has 3 nitrogen and oxygen atoms in total. The largest absolute Gasteiger partial charge is 0.398 e. The van der Waals surface area contributed by atoms with Gasteiger partial charge in [-0.15, -0.1) is 11.3 Å². The number of nitrogens with two attached hydrogens (primary N) is 1. The fraction of sp³-hybridized carbons (Fsp3) is 0.312. The fourth-order valence-electron chi connectivity index (χ4n) is 2.13. The molecule has 0 radical (unpaired) electrons. The van der Waals surface area contributed by atoms with Gasteiger partial charge in [-0.05, 0) is 29.0 Å². The predicted octanol–water partition coefficient (Wildman–Crippen LogP) is 3.39. The van der Waals surface area contributed by atoms with Crippen LogP contribution in [0.25, 0.3) is 0 Å². The molecular formula is C16H20N2OS. The topological polar surface area (TPSA) is 55.1 Å². The molecule has 0 bridgehead atoms. The van der Waals surface area contributed by atoms with Crippen LogP contribution in [0.5, 0.6) is 0 Å². The fourth-order valence-corrected chi connectivity index (χ4v) is 3.08. The minimum absolute atomic E-state index is 0.00926. The number of hydrogen-bond acceptors (Lipinski definition) is 3. The third-order valence-electron chi connectivity index (χ3n) is 3.24. The highest BCUT2D eigenvalue weighted by Crippen LogP contribution is 2.26. The molecule has 0 aliphatic rings. The molecule has 2 rings (SSSR count). The third kappa shape index (κ3) is 3.61. The minimum atomic E-state index is 0.00926. The summed E-state index contributed by atoms with van der Waals surface area (Å²) in [5.74, 6) is 0.362. The maximum atomic E-state index is 12.2. The predicted molar refractivity (Wildman–Crippen MR) is 84.6 cm³/mol. The lowest BCUT2D eigenvalue weighted by Gasteiger charge is -2.21. The standard InChI is InChI=1S/C16H20N2OS/c1-11(2)16(14-8-5-9-20-14)18-15(19)10-12-6-3-4-7-13(12)17/h3-9,11,16H,10,17H2,1-2H3,(H,18,19). The number of benzene rings is 1. The number of carbonyl (C=O) groups is 1. The van der Waals surface area contributed by atoms with E-state index in [4.69, 9.17) is 5.73 Å². The average Bonchev–Trinajstić information content (AvgIpc) is 2.92. The summed E-state index contributed by atoms with van der Waals surface area (Å²) in [7, 11) is 0. The molecule has 20 heavy (non-hydrogen) atoms. The van der Waals surface area contributed by atoms with E-state index < -0.39 is 0 Å². The van der Waals surface area contributed by atoms with Gasteiger partial charge in [0.05, 0.1) is 12.5 Å². The summed E-state index contributed by atoms with van der Waals surface area (Å²) < 4.78 is 0. The van der Waals surface area contributed by atoms with Crippen LogP contribution in [0.4, 0.5) is 5.69 Å². The smallest absolute Gasteiger partial charge is 0.225 e. The average molecular weight is 288 g/mol. The highest BCUT2D eigenvalue weighted by Gasteiger charge is 2.19. The first-order valence-corrected chi connectivity index (χ1v) is 7.62. The van der Waals surface area contributed by atoms with Crippen LogP contribution in [0.1, 0.15) is 30.3 Å². The molecule has 1 atom stereocenters. The van der Waals surface area contributed by atoms with Crippen LogP contribution >= 0.6 is 11.3 Å². The van der Waals surface area contributed by atoms with Crippen molar-refractivity contribution in [3.63, 3.8) is 0 Å². The number of para-hydroxylation sites is 1. The van der Waals surface area contributed by atoms with Gasteiger partial charge in [0.25, 0.3) is 0 Å². The molecule has 0 aliphatic carbocycles. The second-order valence-electron chi connectivity index (χ2n) is 5.18. The van der Waals surface area contributed by atoms with Crippen LogP contribution in [0.15, 0.2) is 41.8 Å². The first-order valence-electron chi connectivity index (χ1n) is 6.74. The Morgan fingerprint density at radius 3 is 2.60 bits per heavy atom. The normalized spacial score (nSPS) is 12.3. The summed E-state index contributed by atoms with van der Waals surface area (Å²) >= 11 is 1.67. The van der Waals surface area contributed by atoms with Gasteiger partial charge in [-0.3, -0.25) is 4.79 Å². The van der Waals surface area contributed by atoms with Gasteiger partial charge in [0.15, 0.2) is 0 Å². The molecule has 0 aliphatic heterocycles. The number of anilines is 1. The quantitative estimate of drug-likeness (QED) is 0.829. The summed E-state index contributed by atoms with van der Waals surface area (Å²) in [6.45, 7) is 4.23. The summed E-state index contributed by atoms with van der Waals surface area (Å²) in [5, 5.41) is 5.14. The maximum Gasteiger partial charge on any atom is 0.225 e. The lowest BCUT2D eigenvalue weighted by atomic mass is 10.0. The molecule has 1 amide bonds. The maximum absolute atomic E-state index is 12.2. The van der Waals surface area contributed by atoms with Gasteiger partial charge in [-0.1, -0.05) is 38.1 Å². The van der Waals surface area contributed by atoms with E-state index in [1.54, 1.807) is 11.3 Å². The molecule has 106 valence electrons.